The summed E-state index contributed by atoms with van der Waals surface area (Å²) >= 11 is 0. The summed E-state index contributed by atoms with van der Waals surface area (Å²) in [4.78, 5) is 50.8. The van der Waals surface area contributed by atoms with Gasteiger partial charge in [0.15, 0.2) is 11.3 Å². The smallest absolute Gasteiger partial charge is 0.354 e. The van der Waals surface area contributed by atoms with Crippen molar-refractivity contribution in [1.29, 1.82) is 0 Å². The molecule has 0 spiro atoms. The zero-order valence-electron chi connectivity index (χ0n) is 16.5. The van der Waals surface area contributed by atoms with Gasteiger partial charge in [0.2, 0.25) is 0 Å². The highest BCUT2D eigenvalue weighted by atomic mass is 16.4. The van der Waals surface area contributed by atoms with Gasteiger partial charge in [0.1, 0.15) is 17.1 Å². The molecule has 0 aliphatic carbocycles. The molecule has 0 aliphatic heterocycles. The van der Waals surface area contributed by atoms with E-state index in [4.69, 9.17) is 11.5 Å². The zero-order valence-corrected chi connectivity index (χ0v) is 16.5. The Bertz CT molecular complexity index is 1450. The van der Waals surface area contributed by atoms with E-state index in [2.05, 4.69) is 20.7 Å². The molecule has 4 aromatic rings. The summed E-state index contributed by atoms with van der Waals surface area (Å²) in [5.41, 5.74) is 11.3. The van der Waals surface area contributed by atoms with Crippen molar-refractivity contribution in [2.24, 2.45) is 0 Å². The molecular formula is C20H17N7O5. The van der Waals surface area contributed by atoms with Crippen molar-refractivity contribution in [2.75, 3.05) is 16.8 Å². The van der Waals surface area contributed by atoms with Crippen LogP contribution in [0.5, 0.6) is 0 Å². The van der Waals surface area contributed by atoms with E-state index in [1.54, 1.807) is 24.3 Å². The van der Waals surface area contributed by atoms with Crippen LogP contribution in [-0.2, 0) is 13.1 Å². The van der Waals surface area contributed by atoms with Gasteiger partial charge in [-0.05, 0) is 11.1 Å². The minimum Gasteiger partial charge on any atom is -0.477 e. The summed E-state index contributed by atoms with van der Waals surface area (Å²) in [6.45, 7) is 0.399. The number of fused-ring (bicyclic) bond motifs is 1. The molecule has 0 fully saturated rings. The first kappa shape index (κ1) is 20.5. The number of carboxylic acids is 1. The quantitative estimate of drug-likeness (QED) is 0.241. The van der Waals surface area contributed by atoms with Crippen molar-refractivity contribution in [3.8, 4) is 0 Å². The van der Waals surface area contributed by atoms with Crippen LogP contribution in [0.3, 0.4) is 0 Å². The predicted molar refractivity (Wildman–Crippen MR) is 115 cm³/mol. The monoisotopic (exact) mass is 435 g/mol. The SMILES string of the molecule is Nc1c(NCc2cccc(CNC(=O)c3cc(C(=O)O)n4ncc(N)c4n3)c2)c(=O)c1=O. The molecule has 12 heteroatoms. The molecule has 2 heterocycles. The Hall–Kier alpha value is -4.74. The molecular weight excluding hydrogens is 418 g/mol. The van der Waals surface area contributed by atoms with Gasteiger partial charge in [0.05, 0.1) is 11.9 Å². The van der Waals surface area contributed by atoms with Crippen LogP contribution in [0.1, 0.15) is 32.1 Å². The Labute approximate surface area is 179 Å². The third kappa shape index (κ3) is 3.60. The number of anilines is 3. The highest BCUT2D eigenvalue weighted by Crippen LogP contribution is 2.15. The number of aromatic nitrogens is 3. The summed E-state index contributed by atoms with van der Waals surface area (Å²) in [7, 11) is 0. The van der Waals surface area contributed by atoms with E-state index >= 15 is 0 Å². The summed E-state index contributed by atoms with van der Waals surface area (Å²) in [5.74, 6) is -1.87. The Kier molecular flexibility index (Phi) is 5.02. The molecule has 0 saturated carbocycles. The minimum absolute atomic E-state index is 0.0701. The number of benzene rings is 1. The van der Waals surface area contributed by atoms with Crippen molar-refractivity contribution in [2.45, 2.75) is 13.1 Å². The van der Waals surface area contributed by atoms with Gasteiger partial charge in [0, 0.05) is 19.2 Å². The van der Waals surface area contributed by atoms with Gasteiger partial charge < -0.3 is 27.2 Å². The molecule has 0 atom stereocenters. The van der Waals surface area contributed by atoms with Gasteiger partial charge in [-0.2, -0.15) is 5.10 Å². The van der Waals surface area contributed by atoms with Crippen LogP contribution in [-0.4, -0.2) is 31.6 Å². The van der Waals surface area contributed by atoms with Gasteiger partial charge in [-0.15, -0.1) is 0 Å². The second-order valence-corrected chi connectivity index (χ2v) is 6.97. The predicted octanol–water partition coefficient (Wildman–Crippen LogP) is -0.270. The molecule has 0 unspecified atom stereocenters. The molecule has 0 radical (unpaired) electrons. The van der Waals surface area contributed by atoms with Crippen LogP contribution in [0.15, 0.2) is 46.1 Å². The summed E-state index contributed by atoms with van der Waals surface area (Å²) < 4.78 is 1.05. The molecule has 1 amide bonds. The number of hydrogen-bond acceptors (Lipinski definition) is 9. The summed E-state index contributed by atoms with van der Waals surface area (Å²) in [5, 5.41) is 18.7. The molecule has 7 N–H and O–H groups in total. The maximum atomic E-state index is 12.6. The Morgan fingerprint density at radius 2 is 1.78 bits per heavy atom. The van der Waals surface area contributed by atoms with E-state index in [0.717, 1.165) is 21.7 Å². The van der Waals surface area contributed by atoms with E-state index < -0.39 is 22.7 Å². The molecule has 12 nitrogen and oxygen atoms in total. The first-order chi connectivity index (χ1) is 15.3. The maximum Gasteiger partial charge on any atom is 0.354 e. The first-order valence-corrected chi connectivity index (χ1v) is 9.32. The molecule has 2 aromatic heterocycles. The third-order valence-corrected chi connectivity index (χ3v) is 4.81. The molecule has 0 saturated heterocycles. The van der Waals surface area contributed by atoms with Crippen LogP contribution >= 0.6 is 0 Å². The molecule has 0 bridgehead atoms. The molecule has 162 valence electrons. The van der Waals surface area contributed by atoms with Gasteiger partial charge in [0.25, 0.3) is 16.8 Å². The summed E-state index contributed by atoms with van der Waals surface area (Å²) in [6.07, 6.45) is 1.26. The zero-order chi connectivity index (χ0) is 23.0. The van der Waals surface area contributed by atoms with Crippen molar-refractivity contribution in [3.63, 3.8) is 0 Å². The average molecular weight is 435 g/mol. The van der Waals surface area contributed by atoms with Crippen molar-refractivity contribution < 1.29 is 14.7 Å². The fraction of sp³-hybridized carbons (Fsp3) is 0.100. The number of nitrogens with zero attached hydrogens (tertiary/aromatic N) is 3. The lowest BCUT2D eigenvalue weighted by atomic mass is 10.1. The molecule has 0 aliphatic rings. The number of nitrogens with two attached hydrogens (primary N) is 2. The second kappa shape index (κ2) is 7.83. The van der Waals surface area contributed by atoms with Gasteiger partial charge in [-0.1, -0.05) is 24.3 Å². The largest absolute Gasteiger partial charge is 0.477 e. The lowest BCUT2D eigenvalue weighted by Gasteiger charge is -2.11. The van der Waals surface area contributed by atoms with E-state index in [9.17, 15) is 24.3 Å². The number of hydrogen-bond donors (Lipinski definition) is 5. The Morgan fingerprint density at radius 3 is 2.47 bits per heavy atom. The van der Waals surface area contributed by atoms with Gasteiger partial charge in [-0.25, -0.2) is 14.3 Å². The molecule has 2 aromatic carbocycles. The van der Waals surface area contributed by atoms with Crippen molar-refractivity contribution >= 4 is 34.6 Å². The number of aromatic carboxylic acids is 1. The topological polar surface area (TPSA) is 195 Å². The fourth-order valence-electron chi connectivity index (χ4n) is 3.15. The highest BCUT2D eigenvalue weighted by molar-refractivity contribution is 5.96. The van der Waals surface area contributed by atoms with E-state index in [-0.39, 0.29) is 47.2 Å². The van der Waals surface area contributed by atoms with Crippen molar-refractivity contribution in [3.05, 3.63) is 79.5 Å². The average Bonchev–Trinajstić information content (AvgIpc) is 3.17. The van der Waals surface area contributed by atoms with E-state index in [0.29, 0.717) is 0 Å². The standard InChI is InChI=1S/C20H17N7O5/c21-11-8-25-27-13(20(31)32)5-12(26-18(11)27)19(30)24-7-10-3-1-2-9(4-10)6-23-15-14(22)16(28)17(15)29/h1-5,8,23H,6-7,21-22H2,(H,24,30)(H,31,32). The number of rotatable bonds is 7. The second-order valence-electron chi connectivity index (χ2n) is 6.97. The van der Waals surface area contributed by atoms with Gasteiger partial charge in [-0.3, -0.25) is 14.4 Å². The summed E-state index contributed by atoms with van der Waals surface area (Å²) in [6, 6.07) is 8.26. The maximum absolute atomic E-state index is 12.6. The fourth-order valence-corrected chi connectivity index (χ4v) is 3.15. The number of nitrogens with one attached hydrogen (secondary N) is 2. The van der Waals surface area contributed by atoms with Crippen LogP contribution in [0.2, 0.25) is 0 Å². The van der Waals surface area contributed by atoms with Crippen LogP contribution in [0, 0.1) is 0 Å². The number of carbonyl (C=O) groups is 2. The van der Waals surface area contributed by atoms with Crippen LogP contribution < -0.4 is 33.0 Å². The third-order valence-electron chi connectivity index (χ3n) is 4.81. The Balaban J connectivity index is 1.46. The highest BCUT2D eigenvalue weighted by Gasteiger charge is 2.19. The Morgan fingerprint density at radius 1 is 1.06 bits per heavy atom. The number of carboxylic acid groups (broad SMARTS) is 1. The number of carbonyl (C=O) groups excluding carboxylic acids is 1. The first-order valence-electron chi connectivity index (χ1n) is 9.32. The lowest BCUT2D eigenvalue weighted by molar-refractivity contribution is 0.0687. The van der Waals surface area contributed by atoms with Crippen LogP contribution in [0.25, 0.3) is 5.65 Å². The molecule has 32 heavy (non-hydrogen) atoms. The van der Waals surface area contributed by atoms with Gasteiger partial charge >= 0.3 is 5.97 Å². The number of nitrogen functional groups attached to an aromatic ring is 2. The van der Waals surface area contributed by atoms with E-state index in [1.807, 2.05) is 0 Å². The number of amides is 1. The van der Waals surface area contributed by atoms with E-state index in [1.165, 1.54) is 6.20 Å². The van der Waals surface area contributed by atoms with Crippen LogP contribution in [0.4, 0.5) is 17.1 Å². The minimum atomic E-state index is -1.28. The van der Waals surface area contributed by atoms with Crippen molar-refractivity contribution in [1.82, 2.24) is 19.9 Å². The normalized spacial score (nSPS) is 11.0. The molecule has 4 rings (SSSR count). The lowest BCUT2D eigenvalue weighted by Crippen LogP contribution is -2.36.